The summed E-state index contributed by atoms with van der Waals surface area (Å²) in [6.07, 6.45) is -1.98. The number of carbonyl (C=O) groups excluding carboxylic acids is 1. The lowest BCUT2D eigenvalue weighted by atomic mass is 10.1. The summed E-state index contributed by atoms with van der Waals surface area (Å²) < 4.78 is 7.06. The first-order valence-electron chi connectivity index (χ1n) is 7.32. The number of alkyl halides is 6. The molecule has 12 heteroatoms. The van der Waals surface area contributed by atoms with Gasteiger partial charge in [0.15, 0.2) is 17.5 Å². The van der Waals surface area contributed by atoms with Crippen LogP contribution in [0.3, 0.4) is 0 Å². The van der Waals surface area contributed by atoms with Crippen molar-refractivity contribution in [3.05, 3.63) is 53.4 Å². The summed E-state index contributed by atoms with van der Waals surface area (Å²) in [5, 5.41) is 0. The number of Topliss-reactive ketones (excluding diaryl/α,β-unsaturated/α-hetero) is 1. The molecule has 1 aromatic heterocycles. The fraction of sp³-hybridized carbons (Fsp3) is 0.333. The monoisotopic (exact) mass is 489 g/mol. The fourth-order valence-electron chi connectivity index (χ4n) is 2.20. The van der Waals surface area contributed by atoms with Gasteiger partial charge in [-0.1, -0.05) is 99.9 Å². The van der Waals surface area contributed by atoms with Crippen LogP contribution in [-0.2, 0) is 17.1 Å². The second-order valence-corrected chi connectivity index (χ2v) is 9.92. The zero-order valence-corrected chi connectivity index (χ0v) is 17.6. The van der Waals surface area contributed by atoms with E-state index >= 15 is 0 Å². The molecule has 2 heterocycles. The third-order valence-corrected chi connectivity index (χ3v) is 4.42. The van der Waals surface area contributed by atoms with Gasteiger partial charge in [-0.15, -0.1) is 0 Å². The molecule has 144 valence electrons. The van der Waals surface area contributed by atoms with Gasteiger partial charge in [0.05, 0.1) is 6.61 Å². The Hall–Kier alpha value is -0.440. The maximum atomic E-state index is 12.4. The molecule has 1 fully saturated rings. The van der Waals surface area contributed by atoms with Gasteiger partial charge in [-0.05, 0) is 0 Å². The standard InChI is InChI=1S/C15H9Cl6N3O3/c16-14(17,18)12-22-10(23-13(24-12)15(19,20)21)8-6-26-11(27-8)9(25)7-4-2-1-3-5-7/h1-5,8,11H,6H2. The lowest BCUT2D eigenvalue weighted by molar-refractivity contribution is -0.0365. The van der Waals surface area contributed by atoms with Gasteiger partial charge < -0.3 is 9.47 Å². The molecule has 0 saturated carbocycles. The molecule has 1 aliphatic heterocycles. The number of hydrogen-bond donors (Lipinski definition) is 0. The van der Waals surface area contributed by atoms with Crippen LogP contribution in [0.5, 0.6) is 0 Å². The quantitative estimate of drug-likeness (QED) is 0.452. The normalized spacial score (nSPS) is 20.7. The van der Waals surface area contributed by atoms with Gasteiger partial charge in [0.25, 0.3) is 0 Å². The second-order valence-electron chi connectivity index (χ2n) is 5.36. The minimum atomic E-state index is -1.99. The second kappa shape index (κ2) is 8.13. The third kappa shape index (κ3) is 5.14. The summed E-state index contributed by atoms with van der Waals surface area (Å²) in [6, 6.07) is 8.54. The summed E-state index contributed by atoms with van der Waals surface area (Å²) in [5.74, 6) is -0.841. The largest absolute Gasteiger partial charge is 0.342 e. The van der Waals surface area contributed by atoms with Crippen molar-refractivity contribution in [3.8, 4) is 0 Å². The molecule has 1 saturated heterocycles. The van der Waals surface area contributed by atoms with Crippen LogP contribution >= 0.6 is 69.6 Å². The maximum absolute atomic E-state index is 12.4. The highest BCUT2D eigenvalue weighted by Gasteiger charge is 2.39. The molecule has 1 aromatic carbocycles. The number of ether oxygens (including phenoxy) is 2. The summed E-state index contributed by atoms with van der Waals surface area (Å²) in [4.78, 5) is 24.4. The molecule has 0 radical (unpaired) electrons. The predicted octanol–water partition coefficient (Wildman–Crippen LogP) is 4.82. The summed E-state index contributed by atoms with van der Waals surface area (Å²) in [7, 11) is 0. The van der Waals surface area contributed by atoms with Gasteiger partial charge in [-0.2, -0.15) is 0 Å². The Kier molecular flexibility index (Phi) is 6.40. The van der Waals surface area contributed by atoms with E-state index in [-0.39, 0.29) is 29.9 Å². The number of benzene rings is 1. The Balaban J connectivity index is 1.87. The number of ketones is 1. The van der Waals surface area contributed by atoms with Crippen LogP contribution in [0.1, 0.15) is 33.9 Å². The highest BCUT2D eigenvalue weighted by molar-refractivity contribution is 6.67. The van der Waals surface area contributed by atoms with Gasteiger partial charge in [0.1, 0.15) is 6.10 Å². The predicted molar refractivity (Wildman–Crippen MR) is 103 cm³/mol. The van der Waals surface area contributed by atoms with Crippen molar-refractivity contribution in [2.75, 3.05) is 6.61 Å². The van der Waals surface area contributed by atoms with Crippen LogP contribution in [0.2, 0.25) is 0 Å². The minimum Gasteiger partial charge on any atom is -0.342 e. The average molecular weight is 492 g/mol. The number of carbonyl (C=O) groups is 1. The van der Waals surface area contributed by atoms with E-state index in [0.717, 1.165) is 0 Å². The van der Waals surface area contributed by atoms with E-state index in [1.807, 2.05) is 0 Å². The first kappa shape index (κ1) is 21.3. The van der Waals surface area contributed by atoms with Crippen LogP contribution in [0.4, 0.5) is 0 Å². The van der Waals surface area contributed by atoms with E-state index in [4.69, 9.17) is 79.1 Å². The van der Waals surface area contributed by atoms with Crippen LogP contribution in [-0.4, -0.2) is 33.6 Å². The Labute approximate surface area is 184 Å². The van der Waals surface area contributed by atoms with Crippen LogP contribution in [0.15, 0.2) is 30.3 Å². The molecule has 0 amide bonds. The molecular weight excluding hydrogens is 483 g/mol. The smallest absolute Gasteiger partial charge is 0.250 e. The first-order chi connectivity index (χ1) is 12.6. The van der Waals surface area contributed by atoms with E-state index in [0.29, 0.717) is 5.56 Å². The zero-order chi connectivity index (χ0) is 19.8. The molecule has 2 aromatic rings. The molecule has 0 N–H and O–H groups in total. The Bertz CT molecular complexity index is 809. The number of rotatable bonds is 3. The summed E-state index contributed by atoms with van der Waals surface area (Å²) in [5.41, 5.74) is 0.433. The number of aromatic nitrogens is 3. The summed E-state index contributed by atoms with van der Waals surface area (Å²) >= 11 is 35.0. The van der Waals surface area contributed by atoms with Crippen LogP contribution in [0, 0.1) is 0 Å². The molecule has 2 unspecified atom stereocenters. The lowest BCUT2D eigenvalue weighted by Crippen LogP contribution is -2.23. The highest BCUT2D eigenvalue weighted by atomic mass is 35.6. The molecule has 0 spiro atoms. The lowest BCUT2D eigenvalue weighted by Gasteiger charge is -2.17. The van der Waals surface area contributed by atoms with Crippen molar-refractivity contribution in [1.82, 2.24) is 15.0 Å². The van der Waals surface area contributed by atoms with Crippen molar-refractivity contribution >= 4 is 75.4 Å². The van der Waals surface area contributed by atoms with E-state index in [9.17, 15) is 4.79 Å². The molecule has 3 rings (SSSR count). The van der Waals surface area contributed by atoms with Gasteiger partial charge in [-0.3, -0.25) is 4.79 Å². The van der Waals surface area contributed by atoms with Gasteiger partial charge in [-0.25, -0.2) is 15.0 Å². The van der Waals surface area contributed by atoms with Gasteiger partial charge >= 0.3 is 0 Å². The number of halogens is 6. The van der Waals surface area contributed by atoms with E-state index in [1.54, 1.807) is 30.3 Å². The topological polar surface area (TPSA) is 74.2 Å². The van der Waals surface area contributed by atoms with Crippen molar-refractivity contribution in [1.29, 1.82) is 0 Å². The molecule has 27 heavy (non-hydrogen) atoms. The van der Waals surface area contributed by atoms with E-state index < -0.39 is 20.0 Å². The minimum absolute atomic E-state index is 0.0102. The van der Waals surface area contributed by atoms with Crippen LogP contribution in [0.25, 0.3) is 0 Å². The number of nitrogens with zero attached hydrogens (tertiary/aromatic N) is 3. The molecule has 0 aliphatic carbocycles. The Morgan fingerprint density at radius 1 is 0.926 bits per heavy atom. The third-order valence-electron chi connectivity index (χ3n) is 3.41. The molecule has 6 nitrogen and oxygen atoms in total. The zero-order valence-electron chi connectivity index (χ0n) is 13.1. The van der Waals surface area contributed by atoms with E-state index in [2.05, 4.69) is 15.0 Å². The summed E-state index contributed by atoms with van der Waals surface area (Å²) in [6.45, 7) is -0.0220. The molecule has 2 atom stereocenters. The molecule has 1 aliphatic rings. The fourth-order valence-corrected chi connectivity index (χ4v) is 2.71. The SMILES string of the molecule is O=C(c1ccccc1)C1OCC(c2nc(C(Cl)(Cl)Cl)nc(C(Cl)(Cl)Cl)n2)O1. The first-order valence-corrected chi connectivity index (χ1v) is 9.59. The Morgan fingerprint density at radius 2 is 1.48 bits per heavy atom. The Morgan fingerprint density at radius 3 is 2.00 bits per heavy atom. The van der Waals surface area contributed by atoms with E-state index in [1.165, 1.54) is 0 Å². The van der Waals surface area contributed by atoms with Crippen molar-refractivity contribution in [2.24, 2.45) is 0 Å². The average Bonchev–Trinajstić information content (AvgIpc) is 3.10. The van der Waals surface area contributed by atoms with Crippen LogP contribution < -0.4 is 0 Å². The molecular formula is C15H9Cl6N3O3. The highest BCUT2D eigenvalue weighted by Crippen LogP contribution is 2.41. The molecule has 0 bridgehead atoms. The van der Waals surface area contributed by atoms with Crippen molar-refractivity contribution < 1.29 is 14.3 Å². The van der Waals surface area contributed by atoms with Gasteiger partial charge in [0, 0.05) is 5.56 Å². The maximum Gasteiger partial charge on any atom is 0.250 e. The van der Waals surface area contributed by atoms with Gasteiger partial charge in [0.2, 0.25) is 19.7 Å². The van der Waals surface area contributed by atoms with Crippen molar-refractivity contribution in [2.45, 2.75) is 20.0 Å². The van der Waals surface area contributed by atoms with Crippen molar-refractivity contribution in [3.63, 3.8) is 0 Å². The number of hydrogen-bond acceptors (Lipinski definition) is 6.